The van der Waals surface area contributed by atoms with Crippen molar-refractivity contribution >= 4 is 27.5 Å². The van der Waals surface area contributed by atoms with Gasteiger partial charge < -0.3 is 15.8 Å². The standard InChI is InChI=1S/C13H14BrF3N2O2/c1-12(6-21-5-10(12)18)11(20)19-9-4-7(13(15,16)17)2-3-8(9)14/h2-4,10H,5-6,18H2,1H3,(H,19,20). The van der Waals surface area contributed by atoms with E-state index in [0.29, 0.717) is 4.47 Å². The zero-order valence-electron chi connectivity index (χ0n) is 11.1. The maximum absolute atomic E-state index is 12.7. The lowest BCUT2D eigenvalue weighted by molar-refractivity contribution is -0.137. The Kier molecular flexibility index (Phi) is 4.32. The molecule has 1 heterocycles. The summed E-state index contributed by atoms with van der Waals surface area (Å²) in [7, 11) is 0. The number of alkyl halides is 3. The van der Waals surface area contributed by atoms with E-state index in [0.717, 1.165) is 12.1 Å². The van der Waals surface area contributed by atoms with Crippen LogP contribution in [0.4, 0.5) is 18.9 Å². The van der Waals surface area contributed by atoms with E-state index in [9.17, 15) is 18.0 Å². The van der Waals surface area contributed by atoms with Crippen LogP contribution in [0.1, 0.15) is 12.5 Å². The lowest BCUT2D eigenvalue weighted by atomic mass is 9.85. The highest BCUT2D eigenvalue weighted by molar-refractivity contribution is 9.10. The average molecular weight is 367 g/mol. The summed E-state index contributed by atoms with van der Waals surface area (Å²) in [5.74, 6) is -0.465. The molecule has 1 amide bonds. The van der Waals surface area contributed by atoms with E-state index in [-0.39, 0.29) is 18.9 Å². The first kappa shape index (κ1) is 16.3. The summed E-state index contributed by atoms with van der Waals surface area (Å²) in [5.41, 5.74) is 4.08. The van der Waals surface area contributed by atoms with Gasteiger partial charge in [-0.3, -0.25) is 4.79 Å². The van der Waals surface area contributed by atoms with Gasteiger partial charge in [-0.2, -0.15) is 13.2 Å². The minimum Gasteiger partial charge on any atom is -0.379 e. The van der Waals surface area contributed by atoms with Crippen molar-refractivity contribution in [2.24, 2.45) is 11.1 Å². The third kappa shape index (κ3) is 3.22. The van der Waals surface area contributed by atoms with Gasteiger partial charge in [0.25, 0.3) is 0 Å². The van der Waals surface area contributed by atoms with Gasteiger partial charge in [-0.05, 0) is 41.1 Å². The molecular weight excluding hydrogens is 353 g/mol. The number of amides is 1. The SMILES string of the molecule is CC1(C(=O)Nc2cc(C(F)(F)F)ccc2Br)COCC1N. The van der Waals surface area contributed by atoms with Crippen LogP contribution in [0.3, 0.4) is 0 Å². The molecule has 1 saturated heterocycles. The van der Waals surface area contributed by atoms with E-state index in [1.807, 2.05) is 0 Å². The van der Waals surface area contributed by atoms with E-state index in [4.69, 9.17) is 10.5 Å². The lowest BCUT2D eigenvalue weighted by Gasteiger charge is -2.25. The molecule has 0 saturated carbocycles. The first-order valence-corrected chi connectivity index (χ1v) is 6.95. The van der Waals surface area contributed by atoms with Gasteiger partial charge in [-0.25, -0.2) is 0 Å². The molecule has 2 rings (SSSR count). The van der Waals surface area contributed by atoms with Crippen LogP contribution in [0.5, 0.6) is 0 Å². The fraction of sp³-hybridized carbons (Fsp3) is 0.462. The summed E-state index contributed by atoms with van der Waals surface area (Å²) < 4.78 is 43.6. The monoisotopic (exact) mass is 366 g/mol. The second-order valence-electron chi connectivity index (χ2n) is 5.19. The predicted octanol–water partition coefficient (Wildman–Crippen LogP) is 2.77. The maximum Gasteiger partial charge on any atom is 0.416 e. The molecule has 8 heteroatoms. The molecule has 1 aromatic carbocycles. The zero-order valence-corrected chi connectivity index (χ0v) is 12.7. The number of halogens is 4. The van der Waals surface area contributed by atoms with Gasteiger partial charge in [0.1, 0.15) is 0 Å². The van der Waals surface area contributed by atoms with E-state index in [1.54, 1.807) is 6.92 Å². The molecule has 1 aliphatic heterocycles. The van der Waals surface area contributed by atoms with Crippen LogP contribution in [0, 0.1) is 5.41 Å². The smallest absolute Gasteiger partial charge is 0.379 e. The fourth-order valence-corrected chi connectivity index (χ4v) is 2.33. The Labute approximate surface area is 128 Å². The van der Waals surface area contributed by atoms with Crippen LogP contribution in [-0.2, 0) is 15.7 Å². The fourth-order valence-electron chi connectivity index (χ4n) is 1.99. The second kappa shape index (κ2) is 5.58. The molecule has 116 valence electrons. The van der Waals surface area contributed by atoms with Crippen molar-refractivity contribution in [1.29, 1.82) is 0 Å². The highest BCUT2D eigenvalue weighted by Gasteiger charge is 2.44. The summed E-state index contributed by atoms with van der Waals surface area (Å²) in [4.78, 5) is 12.3. The molecule has 2 atom stereocenters. The van der Waals surface area contributed by atoms with Crippen LogP contribution in [0.25, 0.3) is 0 Å². The van der Waals surface area contributed by atoms with E-state index in [2.05, 4.69) is 21.2 Å². The first-order chi connectivity index (χ1) is 9.64. The summed E-state index contributed by atoms with van der Waals surface area (Å²) >= 11 is 3.12. The Balaban J connectivity index is 2.25. The van der Waals surface area contributed by atoms with Crippen LogP contribution in [0.15, 0.2) is 22.7 Å². The topological polar surface area (TPSA) is 64.3 Å². The average Bonchev–Trinajstić information content (AvgIpc) is 2.72. The van der Waals surface area contributed by atoms with Gasteiger partial charge in [0.15, 0.2) is 0 Å². The third-order valence-corrected chi connectivity index (χ3v) is 4.27. The van der Waals surface area contributed by atoms with Crippen molar-refractivity contribution in [2.75, 3.05) is 18.5 Å². The number of hydrogen-bond donors (Lipinski definition) is 2. The molecule has 21 heavy (non-hydrogen) atoms. The van der Waals surface area contributed by atoms with Gasteiger partial charge in [0, 0.05) is 10.5 Å². The lowest BCUT2D eigenvalue weighted by Crippen LogP contribution is -2.47. The molecule has 0 spiro atoms. The van der Waals surface area contributed by atoms with Gasteiger partial charge in [0.05, 0.1) is 29.9 Å². The number of rotatable bonds is 2. The minimum absolute atomic E-state index is 0.0511. The Morgan fingerprint density at radius 1 is 1.52 bits per heavy atom. The molecule has 0 bridgehead atoms. The summed E-state index contributed by atoms with van der Waals surface area (Å²) in [6.07, 6.45) is -4.48. The van der Waals surface area contributed by atoms with Gasteiger partial charge in [0.2, 0.25) is 5.91 Å². The molecule has 0 aliphatic carbocycles. The van der Waals surface area contributed by atoms with Crippen molar-refractivity contribution in [3.8, 4) is 0 Å². The summed E-state index contributed by atoms with van der Waals surface area (Å²) in [5, 5.41) is 2.49. The number of hydrogen-bond acceptors (Lipinski definition) is 3. The van der Waals surface area contributed by atoms with Gasteiger partial charge >= 0.3 is 6.18 Å². The maximum atomic E-state index is 12.7. The highest BCUT2D eigenvalue weighted by atomic mass is 79.9. The van der Waals surface area contributed by atoms with Crippen molar-refractivity contribution in [2.45, 2.75) is 19.1 Å². The van der Waals surface area contributed by atoms with Crippen molar-refractivity contribution < 1.29 is 22.7 Å². The van der Waals surface area contributed by atoms with Crippen LogP contribution < -0.4 is 11.1 Å². The Morgan fingerprint density at radius 2 is 2.19 bits per heavy atom. The van der Waals surface area contributed by atoms with Crippen LogP contribution in [-0.4, -0.2) is 25.2 Å². The second-order valence-corrected chi connectivity index (χ2v) is 6.04. The molecule has 1 fully saturated rings. The summed E-state index contributed by atoms with van der Waals surface area (Å²) in [6.45, 7) is 2.01. The number of carbonyl (C=O) groups is 1. The molecule has 3 N–H and O–H groups in total. The quantitative estimate of drug-likeness (QED) is 0.845. The number of nitrogens with one attached hydrogen (secondary N) is 1. The third-order valence-electron chi connectivity index (χ3n) is 3.58. The number of anilines is 1. The molecule has 4 nitrogen and oxygen atoms in total. The number of ether oxygens (including phenoxy) is 1. The summed E-state index contributed by atoms with van der Waals surface area (Å²) in [6, 6.07) is 2.56. The Bertz CT molecular complexity index is 565. The molecule has 0 aromatic heterocycles. The largest absolute Gasteiger partial charge is 0.416 e. The zero-order chi connectivity index (χ0) is 15.8. The highest BCUT2D eigenvalue weighted by Crippen LogP contribution is 2.35. The first-order valence-electron chi connectivity index (χ1n) is 6.16. The van der Waals surface area contributed by atoms with Crippen molar-refractivity contribution in [1.82, 2.24) is 0 Å². The minimum atomic E-state index is -4.48. The van der Waals surface area contributed by atoms with E-state index < -0.39 is 29.1 Å². The molecular formula is C13H14BrF3N2O2. The van der Waals surface area contributed by atoms with Crippen LogP contribution in [0.2, 0.25) is 0 Å². The van der Waals surface area contributed by atoms with Crippen molar-refractivity contribution in [3.05, 3.63) is 28.2 Å². The molecule has 0 radical (unpaired) electrons. The number of carbonyl (C=O) groups excluding carboxylic acids is 1. The molecule has 1 aliphatic rings. The van der Waals surface area contributed by atoms with E-state index >= 15 is 0 Å². The number of nitrogens with two attached hydrogens (primary N) is 1. The van der Waals surface area contributed by atoms with Gasteiger partial charge in [-0.15, -0.1) is 0 Å². The Morgan fingerprint density at radius 3 is 2.71 bits per heavy atom. The van der Waals surface area contributed by atoms with E-state index in [1.165, 1.54) is 6.07 Å². The van der Waals surface area contributed by atoms with Gasteiger partial charge in [-0.1, -0.05) is 0 Å². The molecule has 2 unspecified atom stereocenters. The van der Waals surface area contributed by atoms with Crippen LogP contribution >= 0.6 is 15.9 Å². The molecule has 1 aromatic rings. The Hall–Kier alpha value is -1.12. The number of benzene rings is 1. The predicted molar refractivity (Wildman–Crippen MR) is 74.7 cm³/mol. The normalized spacial score (nSPS) is 25.9. The van der Waals surface area contributed by atoms with Crippen molar-refractivity contribution in [3.63, 3.8) is 0 Å².